The molecule has 0 fully saturated rings. The van der Waals surface area contributed by atoms with Gasteiger partial charge in [0, 0.05) is 36.3 Å². The molecule has 0 saturated heterocycles. The van der Waals surface area contributed by atoms with Gasteiger partial charge >= 0.3 is 0 Å². The molecule has 1 aromatic carbocycles. The summed E-state index contributed by atoms with van der Waals surface area (Å²) in [6.07, 6.45) is 5.27. The van der Waals surface area contributed by atoms with Crippen LogP contribution in [0.5, 0.6) is 0 Å². The van der Waals surface area contributed by atoms with E-state index in [1.807, 2.05) is 17.6 Å². The summed E-state index contributed by atoms with van der Waals surface area (Å²) in [4.78, 5) is 30.1. The number of aryl methyl sites for hydroxylation is 1. The molecule has 0 saturated carbocycles. The van der Waals surface area contributed by atoms with Crippen molar-refractivity contribution < 1.29 is 4.79 Å². The minimum absolute atomic E-state index is 0.0922. The zero-order valence-electron chi connectivity index (χ0n) is 15.9. The molecule has 0 unspecified atom stereocenters. The number of hydrogen-bond acceptors (Lipinski definition) is 3. The van der Waals surface area contributed by atoms with E-state index < -0.39 is 5.91 Å². The van der Waals surface area contributed by atoms with Crippen LogP contribution in [0, 0.1) is 6.92 Å². The van der Waals surface area contributed by atoms with Gasteiger partial charge in [-0.15, -0.1) is 0 Å². The van der Waals surface area contributed by atoms with Gasteiger partial charge in [-0.25, -0.2) is 0 Å². The highest BCUT2D eigenvalue weighted by Crippen LogP contribution is 2.26. The van der Waals surface area contributed by atoms with E-state index in [1.54, 1.807) is 42.7 Å². The van der Waals surface area contributed by atoms with Crippen LogP contribution in [0.25, 0.3) is 11.3 Å². The standard InChI is InChI=1S/C22H22ClN3O2/c1-3-4-12-26-15(2)13-19(27)20(21(26)16-8-7-11-24-14-16)22(28)25-18-10-6-5-9-17(18)23/h5-11,13-14H,3-4,12H2,1-2H3,(H,25,28). The number of rotatable bonds is 6. The van der Waals surface area contributed by atoms with E-state index in [4.69, 9.17) is 11.6 Å². The number of halogens is 1. The average Bonchev–Trinajstić information content (AvgIpc) is 2.69. The molecule has 1 N–H and O–H groups in total. The predicted molar refractivity (Wildman–Crippen MR) is 113 cm³/mol. The summed E-state index contributed by atoms with van der Waals surface area (Å²) in [5.41, 5.74) is 2.35. The molecule has 0 bridgehead atoms. The number of nitrogens with one attached hydrogen (secondary N) is 1. The van der Waals surface area contributed by atoms with Crippen LogP contribution in [0.3, 0.4) is 0 Å². The number of pyridine rings is 2. The van der Waals surface area contributed by atoms with Gasteiger partial charge in [0.25, 0.3) is 5.91 Å². The molecule has 28 heavy (non-hydrogen) atoms. The van der Waals surface area contributed by atoms with Crippen molar-refractivity contribution in [2.75, 3.05) is 5.32 Å². The van der Waals surface area contributed by atoms with Gasteiger partial charge in [0.1, 0.15) is 5.56 Å². The third-order valence-electron chi connectivity index (χ3n) is 4.54. The molecular formula is C22H22ClN3O2. The van der Waals surface area contributed by atoms with Crippen LogP contribution in [0.2, 0.25) is 5.02 Å². The van der Waals surface area contributed by atoms with E-state index in [0.29, 0.717) is 22.9 Å². The lowest BCUT2D eigenvalue weighted by Gasteiger charge is -2.20. The highest BCUT2D eigenvalue weighted by Gasteiger charge is 2.22. The lowest BCUT2D eigenvalue weighted by Crippen LogP contribution is -2.27. The Hall–Kier alpha value is -2.92. The van der Waals surface area contributed by atoms with E-state index in [0.717, 1.165) is 24.1 Å². The maximum Gasteiger partial charge on any atom is 0.261 e. The maximum atomic E-state index is 13.1. The number of aromatic nitrogens is 2. The van der Waals surface area contributed by atoms with Gasteiger partial charge in [-0.3, -0.25) is 14.6 Å². The largest absolute Gasteiger partial charge is 0.344 e. The van der Waals surface area contributed by atoms with Gasteiger partial charge in [0.15, 0.2) is 5.43 Å². The summed E-state index contributed by atoms with van der Waals surface area (Å²) in [7, 11) is 0. The van der Waals surface area contributed by atoms with Crippen molar-refractivity contribution in [3.63, 3.8) is 0 Å². The smallest absolute Gasteiger partial charge is 0.261 e. The van der Waals surface area contributed by atoms with Gasteiger partial charge in [0.2, 0.25) is 0 Å². The van der Waals surface area contributed by atoms with Crippen molar-refractivity contribution in [2.24, 2.45) is 0 Å². The van der Waals surface area contributed by atoms with E-state index in [-0.39, 0.29) is 11.0 Å². The highest BCUT2D eigenvalue weighted by molar-refractivity contribution is 6.34. The first-order chi connectivity index (χ1) is 13.5. The molecular weight excluding hydrogens is 374 g/mol. The summed E-state index contributed by atoms with van der Waals surface area (Å²) in [5.74, 6) is -0.484. The normalized spacial score (nSPS) is 10.7. The van der Waals surface area contributed by atoms with Crippen molar-refractivity contribution in [1.29, 1.82) is 0 Å². The first-order valence-electron chi connectivity index (χ1n) is 9.23. The zero-order chi connectivity index (χ0) is 20.1. The third-order valence-corrected chi connectivity index (χ3v) is 4.87. The Morgan fingerprint density at radius 2 is 2.00 bits per heavy atom. The molecule has 3 rings (SSSR count). The Morgan fingerprint density at radius 1 is 1.21 bits per heavy atom. The van der Waals surface area contributed by atoms with Crippen molar-refractivity contribution in [3.05, 3.63) is 81.4 Å². The van der Waals surface area contributed by atoms with E-state index in [2.05, 4.69) is 17.2 Å². The summed E-state index contributed by atoms with van der Waals surface area (Å²) in [6.45, 7) is 4.69. The van der Waals surface area contributed by atoms with E-state index in [1.165, 1.54) is 6.07 Å². The molecule has 0 spiro atoms. The third kappa shape index (κ3) is 4.15. The molecule has 5 nitrogen and oxygen atoms in total. The fraction of sp³-hybridized carbons (Fsp3) is 0.227. The molecule has 0 aliphatic heterocycles. The fourth-order valence-electron chi connectivity index (χ4n) is 3.14. The van der Waals surface area contributed by atoms with Crippen LogP contribution < -0.4 is 10.7 Å². The predicted octanol–water partition coefficient (Wildman–Crippen LogP) is 4.92. The molecule has 3 aromatic rings. The molecule has 6 heteroatoms. The minimum atomic E-state index is -0.484. The minimum Gasteiger partial charge on any atom is -0.344 e. The fourth-order valence-corrected chi connectivity index (χ4v) is 3.33. The van der Waals surface area contributed by atoms with Crippen LogP contribution in [0.4, 0.5) is 5.69 Å². The molecule has 0 atom stereocenters. The van der Waals surface area contributed by atoms with Gasteiger partial charge in [-0.2, -0.15) is 0 Å². The van der Waals surface area contributed by atoms with Gasteiger partial charge < -0.3 is 9.88 Å². The molecule has 0 radical (unpaired) electrons. The van der Waals surface area contributed by atoms with Crippen LogP contribution in [0.15, 0.2) is 59.7 Å². The van der Waals surface area contributed by atoms with Gasteiger partial charge in [-0.05, 0) is 37.6 Å². The summed E-state index contributed by atoms with van der Waals surface area (Å²) < 4.78 is 2.02. The lowest BCUT2D eigenvalue weighted by atomic mass is 10.0. The van der Waals surface area contributed by atoms with Crippen molar-refractivity contribution in [2.45, 2.75) is 33.2 Å². The SMILES string of the molecule is CCCCn1c(C)cc(=O)c(C(=O)Nc2ccccc2Cl)c1-c1cccnc1. The maximum absolute atomic E-state index is 13.1. The molecule has 0 aliphatic carbocycles. The first-order valence-corrected chi connectivity index (χ1v) is 9.61. The molecule has 144 valence electrons. The second kappa shape index (κ2) is 8.85. The molecule has 1 amide bonds. The summed E-state index contributed by atoms with van der Waals surface area (Å²) in [6, 6.07) is 12.1. The molecule has 0 aliphatic rings. The number of nitrogens with zero attached hydrogens (tertiary/aromatic N) is 2. The van der Waals surface area contributed by atoms with Crippen molar-refractivity contribution in [1.82, 2.24) is 9.55 Å². The van der Waals surface area contributed by atoms with Gasteiger partial charge in [0.05, 0.1) is 16.4 Å². The van der Waals surface area contributed by atoms with Crippen LogP contribution in [0.1, 0.15) is 35.8 Å². The topological polar surface area (TPSA) is 64.0 Å². The Balaban J connectivity index is 2.18. The number of amides is 1. The van der Waals surface area contributed by atoms with Crippen molar-refractivity contribution >= 4 is 23.2 Å². The Labute approximate surface area is 169 Å². The monoisotopic (exact) mass is 395 g/mol. The quantitative estimate of drug-likeness (QED) is 0.644. The summed E-state index contributed by atoms with van der Waals surface area (Å²) in [5, 5.41) is 3.19. The van der Waals surface area contributed by atoms with E-state index >= 15 is 0 Å². The average molecular weight is 396 g/mol. The van der Waals surface area contributed by atoms with Gasteiger partial charge in [-0.1, -0.05) is 37.1 Å². The Bertz CT molecular complexity index is 1050. The number of unbranched alkanes of at least 4 members (excludes halogenated alkanes) is 1. The second-order valence-corrected chi connectivity index (χ2v) is 6.96. The van der Waals surface area contributed by atoms with Crippen LogP contribution in [-0.4, -0.2) is 15.5 Å². The number of benzene rings is 1. The number of hydrogen-bond donors (Lipinski definition) is 1. The van der Waals surface area contributed by atoms with Crippen LogP contribution >= 0.6 is 11.6 Å². The molecule has 2 heterocycles. The Morgan fingerprint density at radius 3 is 2.68 bits per heavy atom. The summed E-state index contributed by atoms with van der Waals surface area (Å²) >= 11 is 6.17. The highest BCUT2D eigenvalue weighted by atomic mass is 35.5. The van der Waals surface area contributed by atoms with Crippen molar-refractivity contribution in [3.8, 4) is 11.3 Å². The van der Waals surface area contributed by atoms with Crippen LogP contribution in [-0.2, 0) is 6.54 Å². The number of anilines is 1. The lowest BCUT2D eigenvalue weighted by molar-refractivity contribution is 0.102. The zero-order valence-corrected chi connectivity index (χ0v) is 16.7. The van der Waals surface area contributed by atoms with E-state index in [9.17, 15) is 9.59 Å². The number of carbonyl (C=O) groups is 1. The number of carbonyl (C=O) groups excluding carboxylic acids is 1. The number of para-hydroxylation sites is 1. The Kier molecular flexibility index (Phi) is 6.26. The molecule has 2 aromatic heterocycles. The first kappa shape index (κ1) is 19.8. The second-order valence-electron chi connectivity index (χ2n) is 6.55.